The molecule has 3 heteroatoms. The molecule has 0 aliphatic heterocycles. The molecular formula is C8H4O2Se. The minimum atomic E-state index is -0.0322. The normalized spacial score (nSPS) is 15.3. The molecule has 0 atom stereocenters. The topological polar surface area (TPSA) is 34.1 Å². The van der Waals surface area contributed by atoms with Crippen molar-refractivity contribution < 1.29 is 9.59 Å². The molecule has 1 heterocycles. The molecule has 0 spiro atoms. The number of carbonyl (C=O) groups excluding carboxylic acids is 2. The van der Waals surface area contributed by atoms with Crippen molar-refractivity contribution >= 4 is 26.1 Å². The van der Waals surface area contributed by atoms with E-state index in [2.05, 4.69) is 0 Å². The summed E-state index contributed by atoms with van der Waals surface area (Å²) >= 11 is 0.0901. The van der Waals surface area contributed by atoms with Crippen LogP contribution in [-0.4, -0.2) is 26.1 Å². The molecule has 0 unspecified atom stereocenters. The summed E-state index contributed by atoms with van der Waals surface area (Å²) in [7, 11) is 0. The molecule has 1 aliphatic carbocycles. The van der Waals surface area contributed by atoms with E-state index in [0.717, 1.165) is 0 Å². The Morgan fingerprint density at radius 2 is 1.82 bits per heavy atom. The summed E-state index contributed by atoms with van der Waals surface area (Å²) in [5, 5.41) is 0. The van der Waals surface area contributed by atoms with Gasteiger partial charge >= 0.3 is 68.8 Å². The van der Waals surface area contributed by atoms with Crippen molar-refractivity contribution in [2.75, 3.05) is 0 Å². The van der Waals surface area contributed by atoms with Crippen LogP contribution in [0.3, 0.4) is 0 Å². The summed E-state index contributed by atoms with van der Waals surface area (Å²) in [4.78, 5) is 24.1. The van der Waals surface area contributed by atoms with E-state index in [0.29, 0.717) is 10.0 Å². The minimum absolute atomic E-state index is 0.00426. The average molecular weight is 211 g/mol. The van der Waals surface area contributed by atoms with Gasteiger partial charge in [-0.25, -0.2) is 0 Å². The summed E-state index contributed by atoms with van der Waals surface area (Å²) in [5.74, 6) is -0.0279. The van der Waals surface area contributed by atoms with E-state index in [1.54, 1.807) is 6.07 Å². The van der Waals surface area contributed by atoms with Crippen LogP contribution in [-0.2, 0) is 0 Å². The molecule has 0 radical (unpaired) electrons. The van der Waals surface area contributed by atoms with E-state index in [9.17, 15) is 9.59 Å². The zero-order valence-electron chi connectivity index (χ0n) is 5.53. The second kappa shape index (κ2) is 2.29. The van der Waals surface area contributed by atoms with Gasteiger partial charge in [-0.1, -0.05) is 0 Å². The quantitative estimate of drug-likeness (QED) is 0.591. The van der Waals surface area contributed by atoms with E-state index >= 15 is 0 Å². The van der Waals surface area contributed by atoms with Crippen LogP contribution >= 0.6 is 0 Å². The van der Waals surface area contributed by atoms with Crippen molar-refractivity contribution in [1.82, 2.24) is 0 Å². The zero-order valence-corrected chi connectivity index (χ0v) is 7.25. The van der Waals surface area contributed by atoms with E-state index in [4.69, 9.17) is 0 Å². The molecule has 0 saturated carbocycles. The van der Waals surface area contributed by atoms with Crippen molar-refractivity contribution in [1.29, 1.82) is 0 Å². The van der Waals surface area contributed by atoms with Crippen LogP contribution in [0, 0.1) is 0 Å². The Kier molecular flexibility index (Phi) is 1.41. The predicted molar refractivity (Wildman–Crippen MR) is 41.2 cm³/mol. The summed E-state index contributed by atoms with van der Waals surface area (Å²) in [6, 6.07) is 1.75. The molecule has 0 aromatic carbocycles. The first-order chi connectivity index (χ1) is 5.29. The third kappa shape index (κ3) is 0.933. The number of rotatable bonds is 0. The van der Waals surface area contributed by atoms with Crippen LogP contribution in [0.15, 0.2) is 23.2 Å². The van der Waals surface area contributed by atoms with Gasteiger partial charge in [0.25, 0.3) is 0 Å². The Morgan fingerprint density at radius 3 is 2.55 bits per heavy atom. The van der Waals surface area contributed by atoms with E-state index < -0.39 is 0 Å². The average Bonchev–Trinajstić information content (AvgIpc) is 2.45. The van der Waals surface area contributed by atoms with E-state index in [1.165, 1.54) is 12.2 Å². The summed E-state index contributed by atoms with van der Waals surface area (Å²) in [6.45, 7) is 0. The number of carbonyl (C=O) groups is 2. The summed E-state index contributed by atoms with van der Waals surface area (Å²) in [5.41, 5.74) is 0.609. The van der Waals surface area contributed by atoms with Gasteiger partial charge in [0.05, 0.1) is 0 Å². The van der Waals surface area contributed by atoms with E-state index in [1.807, 2.05) is 4.94 Å². The molecule has 54 valence electrons. The van der Waals surface area contributed by atoms with E-state index in [-0.39, 0.29) is 26.1 Å². The number of hydrogen-bond acceptors (Lipinski definition) is 2. The van der Waals surface area contributed by atoms with Crippen molar-refractivity contribution in [3.8, 4) is 0 Å². The fourth-order valence-corrected chi connectivity index (χ4v) is 2.73. The number of ketones is 2. The van der Waals surface area contributed by atoms with Crippen molar-refractivity contribution in [3.05, 3.63) is 33.2 Å². The molecule has 0 amide bonds. The first kappa shape index (κ1) is 6.77. The molecule has 2 rings (SSSR count). The molecule has 1 aromatic heterocycles. The van der Waals surface area contributed by atoms with Gasteiger partial charge in [0.2, 0.25) is 0 Å². The van der Waals surface area contributed by atoms with Gasteiger partial charge < -0.3 is 0 Å². The second-order valence-corrected chi connectivity index (χ2v) is 4.15. The second-order valence-electron chi connectivity index (χ2n) is 2.23. The molecule has 1 aromatic rings. The van der Waals surface area contributed by atoms with Crippen LogP contribution in [0.2, 0.25) is 0 Å². The maximum atomic E-state index is 11.1. The summed E-state index contributed by atoms with van der Waals surface area (Å²) in [6.07, 6.45) is 2.70. The fourth-order valence-electron chi connectivity index (χ4n) is 1.01. The first-order valence-electron chi connectivity index (χ1n) is 3.13. The van der Waals surface area contributed by atoms with Crippen LogP contribution in [0.25, 0.3) is 0 Å². The van der Waals surface area contributed by atoms with Crippen LogP contribution in [0.5, 0.6) is 0 Å². The Labute approximate surface area is 69.3 Å². The van der Waals surface area contributed by atoms with Gasteiger partial charge in [-0.15, -0.1) is 0 Å². The van der Waals surface area contributed by atoms with Gasteiger partial charge in [-0.05, 0) is 0 Å². The van der Waals surface area contributed by atoms with Crippen molar-refractivity contribution in [2.45, 2.75) is 0 Å². The first-order valence-corrected chi connectivity index (χ1v) is 4.98. The molecule has 0 N–H and O–H groups in total. The van der Waals surface area contributed by atoms with Gasteiger partial charge in [0.1, 0.15) is 0 Å². The number of fused-ring (bicyclic) bond motifs is 1. The fraction of sp³-hybridized carbons (Fsp3) is 0. The van der Waals surface area contributed by atoms with Gasteiger partial charge in [0, 0.05) is 0 Å². The van der Waals surface area contributed by atoms with Crippen molar-refractivity contribution in [2.24, 2.45) is 0 Å². The monoisotopic (exact) mass is 212 g/mol. The van der Waals surface area contributed by atoms with Gasteiger partial charge in [0.15, 0.2) is 0 Å². The maximum absolute atomic E-state index is 11.1. The Balaban J connectivity index is 2.68. The van der Waals surface area contributed by atoms with Crippen LogP contribution in [0.4, 0.5) is 0 Å². The number of allylic oxidation sites excluding steroid dienone is 2. The van der Waals surface area contributed by atoms with Gasteiger partial charge in [-0.3, -0.25) is 0 Å². The standard InChI is InChI=1S/C8H4O2Se/c9-6-1-2-7(10)8-5(6)3-4-11-8/h1-4H. The Hall–Kier alpha value is -0.921. The van der Waals surface area contributed by atoms with Gasteiger partial charge in [-0.2, -0.15) is 0 Å². The molecule has 0 saturated heterocycles. The SMILES string of the molecule is O=C1C=CC(=O)c2[se]ccc21. The van der Waals surface area contributed by atoms with Crippen LogP contribution < -0.4 is 0 Å². The predicted octanol–water partition coefficient (Wildman–Crippen LogP) is 0.679. The molecule has 0 fully saturated rings. The molecule has 11 heavy (non-hydrogen) atoms. The molecule has 2 nitrogen and oxygen atoms in total. The van der Waals surface area contributed by atoms with Crippen LogP contribution in [0.1, 0.15) is 19.6 Å². The third-order valence-electron chi connectivity index (χ3n) is 1.54. The Morgan fingerprint density at radius 1 is 1.09 bits per heavy atom. The third-order valence-corrected chi connectivity index (χ3v) is 3.49. The zero-order chi connectivity index (χ0) is 7.84. The molecule has 0 bridgehead atoms. The van der Waals surface area contributed by atoms with Crippen molar-refractivity contribution in [3.63, 3.8) is 0 Å². The Bertz CT molecular complexity index is 327. The summed E-state index contributed by atoms with van der Waals surface area (Å²) < 4.78 is 0.713. The number of hydrogen-bond donors (Lipinski definition) is 0. The molecule has 1 aliphatic rings. The molecular weight excluding hydrogens is 207 g/mol.